The third-order valence-electron chi connectivity index (χ3n) is 4.31. The Morgan fingerprint density at radius 1 is 1.35 bits per heavy atom. The molecule has 0 aliphatic heterocycles. The molecule has 0 aromatic rings. The third-order valence-corrected chi connectivity index (χ3v) is 4.31. The molecule has 1 saturated carbocycles. The van der Waals surface area contributed by atoms with Gasteiger partial charge in [0.1, 0.15) is 0 Å². The van der Waals surface area contributed by atoms with Gasteiger partial charge in [0.15, 0.2) is 0 Å². The number of aliphatic hydroxyl groups excluding tert-OH is 1. The summed E-state index contributed by atoms with van der Waals surface area (Å²) in [5.74, 6) is 2.40. The summed E-state index contributed by atoms with van der Waals surface area (Å²) in [5, 5.41) is 9.30. The molecule has 0 spiro atoms. The lowest BCUT2D eigenvalue weighted by Gasteiger charge is -2.22. The SMILES string of the molecule is CC(O)CC[C@@H](C)/C=C1/C=C[C@@H]2CCCC2C1. The topological polar surface area (TPSA) is 20.2 Å². The molecule has 0 amide bonds. The molecule has 0 heterocycles. The maximum atomic E-state index is 9.30. The van der Waals surface area contributed by atoms with Crippen molar-refractivity contribution in [3.63, 3.8) is 0 Å². The normalized spacial score (nSPS) is 33.7. The number of aliphatic hydroxyl groups is 1. The Morgan fingerprint density at radius 3 is 2.94 bits per heavy atom. The summed E-state index contributed by atoms with van der Waals surface area (Å²) in [4.78, 5) is 0. The highest BCUT2D eigenvalue weighted by atomic mass is 16.3. The van der Waals surface area contributed by atoms with Crippen LogP contribution in [-0.4, -0.2) is 11.2 Å². The molecular formula is C16H26O. The van der Waals surface area contributed by atoms with Crippen LogP contribution in [0.2, 0.25) is 0 Å². The van der Waals surface area contributed by atoms with Crippen molar-refractivity contribution in [1.29, 1.82) is 0 Å². The molecular weight excluding hydrogens is 208 g/mol. The monoisotopic (exact) mass is 234 g/mol. The van der Waals surface area contributed by atoms with Gasteiger partial charge in [-0.25, -0.2) is 0 Å². The number of fused-ring (bicyclic) bond motifs is 1. The van der Waals surface area contributed by atoms with E-state index >= 15 is 0 Å². The molecule has 2 aliphatic carbocycles. The minimum atomic E-state index is -0.156. The Balaban J connectivity index is 1.87. The smallest absolute Gasteiger partial charge is 0.0512 e. The molecule has 0 bridgehead atoms. The Morgan fingerprint density at radius 2 is 2.18 bits per heavy atom. The van der Waals surface area contributed by atoms with Crippen molar-refractivity contribution in [3.05, 3.63) is 23.8 Å². The summed E-state index contributed by atoms with van der Waals surface area (Å²) >= 11 is 0. The van der Waals surface area contributed by atoms with Gasteiger partial charge in [-0.2, -0.15) is 0 Å². The highest BCUT2D eigenvalue weighted by Gasteiger charge is 2.28. The molecule has 17 heavy (non-hydrogen) atoms. The van der Waals surface area contributed by atoms with Gasteiger partial charge in [-0.15, -0.1) is 0 Å². The van der Waals surface area contributed by atoms with Gasteiger partial charge in [-0.3, -0.25) is 0 Å². The molecule has 2 rings (SSSR count). The fraction of sp³-hybridized carbons (Fsp3) is 0.750. The fourth-order valence-corrected chi connectivity index (χ4v) is 3.27. The number of hydrogen-bond donors (Lipinski definition) is 1. The van der Waals surface area contributed by atoms with Crippen LogP contribution in [0.3, 0.4) is 0 Å². The Hall–Kier alpha value is -0.560. The van der Waals surface area contributed by atoms with E-state index in [4.69, 9.17) is 0 Å². The summed E-state index contributed by atoms with van der Waals surface area (Å²) in [6, 6.07) is 0. The zero-order chi connectivity index (χ0) is 12.3. The van der Waals surface area contributed by atoms with Crippen LogP contribution in [0, 0.1) is 17.8 Å². The summed E-state index contributed by atoms with van der Waals surface area (Å²) in [6.07, 6.45) is 14.6. The second-order valence-corrected chi connectivity index (χ2v) is 6.06. The highest BCUT2D eigenvalue weighted by Crippen LogP contribution is 2.40. The van der Waals surface area contributed by atoms with Gasteiger partial charge in [-0.05, 0) is 56.8 Å². The second-order valence-electron chi connectivity index (χ2n) is 6.06. The third kappa shape index (κ3) is 3.70. The lowest BCUT2D eigenvalue weighted by molar-refractivity contribution is 0.177. The van der Waals surface area contributed by atoms with Crippen LogP contribution >= 0.6 is 0 Å². The summed E-state index contributed by atoms with van der Waals surface area (Å²) in [5.41, 5.74) is 1.53. The second kappa shape index (κ2) is 5.86. The number of hydrogen-bond acceptors (Lipinski definition) is 1. The zero-order valence-corrected chi connectivity index (χ0v) is 11.2. The van der Waals surface area contributed by atoms with E-state index in [2.05, 4.69) is 25.2 Å². The van der Waals surface area contributed by atoms with Crippen molar-refractivity contribution in [1.82, 2.24) is 0 Å². The van der Waals surface area contributed by atoms with Gasteiger partial charge in [0.25, 0.3) is 0 Å². The lowest BCUT2D eigenvalue weighted by atomic mass is 9.83. The standard InChI is InChI=1S/C16H26O/c1-12(6-7-13(2)17)10-14-8-9-15-4-3-5-16(15)11-14/h8-10,12-13,15-17H,3-7,11H2,1-2H3/b14-10-/t12-,13?,15+,16?/m1/s1. The average Bonchev–Trinajstić information content (AvgIpc) is 2.73. The lowest BCUT2D eigenvalue weighted by Crippen LogP contribution is -2.11. The van der Waals surface area contributed by atoms with Gasteiger partial charge >= 0.3 is 0 Å². The van der Waals surface area contributed by atoms with Crippen LogP contribution < -0.4 is 0 Å². The quantitative estimate of drug-likeness (QED) is 0.777. The molecule has 4 atom stereocenters. The van der Waals surface area contributed by atoms with Crippen molar-refractivity contribution >= 4 is 0 Å². The number of allylic oxidation sites excluding steroid dienone is 4. The molecule has 0 saturated heterocycles. The Bertz CT molecular complexity index is 301. The molecule has 1 fully saturated rings. The van der Waals surface area contributed by atoms with Crippen LogP contribution in [0.5, 0.6) is 0 Å². The van der Waals surface area contributed by atoms with Gasteiger partial charge < -0.3 is 5.11 Å². The van der Waals surface area contributed by atoms with E-state index in [1.807, 2.05) is 6.92 Å². The minimum Gasteiger partial charge on any atom is -0.393 e. The molecule has 2 aliphatic rings. The van der Waals surface area contributed by atoms with Crippen LogP contribution in [0.15, 0.2) is 23.8 Å². The zero-order valence-electron chi connectivity index (χ0n) is 11.2. The Kier molecular flexibility index (Phi) is 4.44. The van der Waals surface area contributed by atoms with E-state index in [9.17, 15) is 5.11 Å². The molecule has 96 valence electrons. The van der Waals surface area contributed by atoms with E-state index in [1.165, 1.54) is 31.3 Å². The summed E-state index contributed by atoms with van der Waals surface area (Å²) in [6.45, 7) is 4.15. The van der Waals surface area contributed by atoms with Gasteiger partial charge in [0, 0.05) is 0 Å². The van der Waals surface area contributed by atoms with Crippen molar-refractivity contribution in [2.24, 2.45) is 17.8 Å². The molecule has 0 aromatic heterocycles. The van der Waals surface area contributed by atoms with Crippen LogP contribution in [-0.2, 0) is 0 Å². The maximum Gasteiger partial charge on any atom is 0.0512 e. The first-order valence-corrected chi connectivity index (χ1v) is 7.22. The number of rotatable bonds is 4. The van der Waals surface area contributed by atoms with E-state index in [0.29, 0.717) is 5.92 Å². The Labute approximate surface area is 106 Å². The van der Waals surface area contributed by atoms with Gasteiger partial charge in [0.05, 0.1) is 6.10 Å². The van der Waals surface area contributed by atoms with E-state index in [-0.39, 0.29) is 6.10 Å². The predicted molar refractivity (Wildman–Crippen MR) is 72.7 cm³/mol. The van der Waals surface area contributed by atoms with E-state index in [0.717, 1.165) is 24.7 Å². The molecule has 1 heteroatoms. The van der Waals surface area contributed by atoms with Gasteiger partial charge in [-0.1, -0.05) is 37.1 Å². The average molecular weight is 234 g/mol. The van der Waals surface area contributed by atoms with Crippen molar-refractivity contribution in [2.75, 3.05) is 0 Å². The molecule has 1 N–H and O–H groups in total. The largest absolute Gasteiger partial charge is 0.393 e. The highest BCUT2D eigenvalue weighted by molar-refractivity contribution is 5.25. The molecule has 1 nitrogen and oxygen atoms in total. The molecule has 2 unspecified atom stereocenters. The van der Waals surface area contributed by atoms with E-state index < -0.39 is 0 Å². The van der Waals surface area contributed by atoms with Gasteiger partial charge in [0.2, 0.25) is 0 Å². The van der Waals surface area contributed by atoms with Crippen molar-refractivity contribution in [3.8, 4) is 0 Å². The fourth-order valence-electron chi connectivity index (χ4n) is 3.27. The first-order chi connectivity index (χ1) is 8.15. The first-order valence-electron chi connectivity index (χ1n) is 7.22. The predicted octanol–water partition coefficient (Wildman–Crippen LogP) is 4.09. The van der Waals surface area contributed by atoms with E-state index in [1.54, 1.807) is 0 Å². The molecule has 0 radical (unpaired) electrons. The van der Waals surface area contributed by atoms with Crippen LogP contribution in [0.25, 0.3) is 0 Å². The van der Waals surface area contributed by atoms with Crippen LogP contribution in [0.4, 0.5) is 0 Å². The maximum absolute atomic E-state index is 9.30. The van der Waals surface area contributed by atoms with Crippen molar-refractivity contribution < 1.29 is 5.11 Å². The summed E-state index contributed by atoms with van der Waals surface area (Å²) < 4.78 is 0. The molecule has 0 aromatic carbocycles. The first kappa shape index (κ1) is 12.9. The van der Waals surface area contributed by atoms with Crippen LogP contribution in [0.1, 0.15) is 52.4 Å². The summed E-state index contributed by atoms with van der Waals surface area (Å²) in [7, 11) is 0. The minimum absolute atomic E-state index is 0.156. The van der Waals surface area contributed by atoms with Crippen molar-refractivity contribution in [2.45, 2.75) is 58.5 Å².